The lowest BCUT2D eigenvalue weighted by Crippen LogP contribution is -2.33. The Kier molecular flexibility index (Phi) is 3.77. The summed E-state index contributed by atoms with van der Waals surface area (Å²) in [6, 6.07) is 7.07. The molecule has 6 nitrogen and oxygen atoms in total. The van der Waals surface area contributed by atoms with Crippen molar-refractivity contribution in [2.24, 2.45) is 11.8 Å². The highest BCUT2D eigenvalue weighted by Gasteiger charge is 2.39. The van der Waals surface area contributed by atoms with Crippen molar-refractivity contribution < 1.29 is 9.18 Å². The van der Waals surface area contributed by atoms with Crippen molar-refractivity contribution in [1.29, 1.82) is 0 Å². The Morgan fingerprint density at radius 3 is 2.65 bits per heavy atom. The first-order valence-electron chi connectivity index (χ1n) is 9.35. The third-order valence-corrected chi connectivity index (χ3v) is 5.78. The number of benzene rings is 1. The van der Waals surface area contributed by atoms with Gasteiger partial charge in [-0.2, -0.15) is 0 Å². The van der Waals surface area contributed by atoms with Gasteiger partial charge in [-0.25, -0.2) is 4.39 Å². The third kappa shape index (κ3) is 3.00. The van der Waals surface area contributed by atoms with E-state index in [0.29, 0.717) is 23.7 Å². The summed E-state index contributed by atoms with van der Waals surface area (Å²) in [5.74, 6) is 2.15. The van der Waals surface area contributed by atoms with Gasteiger partial charge in [0.05, 0.1) is 0 Å². The molecule has 1 aliphatic carbocycles. The van der Waals surface area contributed by atoms with Gasteiger partial charge in [-0.05, 0) is 42.4 Å². The van der Waals surface area contributed by atoms with Gasteiger partial charge in [0.2, 0.25) is 5.82 Å². The first-order valence-corrected chi connectivity index (χ1v) is 9.35. The lowest BCUT2D eigenvalue weighted by molar-refractivity contribution is 0.0932. The van der Waals surface area contributed by atoms with Gasteiger partial charge in [-0.15, -0.1) is 10.2 Å². The molecule has 0 spiro atoms. The fourth-order valence-corrected chi connectivity index (χ4v) is 4.24. The summed E-state index contributed by atoms with van der Waals surface area (Å²) in [5.41, 5.74) is 1.13. The topological polar surface area (TPSA) is 63.1 Å². The van der Waals surface area contributed by atoms with E-state index in [4.69, 9.17) is 0 Å². The number of nitrogens with one attached hydrogen (secondary N) is 1. The number of amides is 1. The van der Waals surface area contributed by atoms with E-state index in [1.54, 1.807) is 0 Å². The van der Waals surface area contributed by atoms with Gasteiger partial charge in [0.15, 0.2) is 0 Å². The van der Waals surface area contributed by atoms with Crippen LogP contribution in [-0.2, 0) is 19.5 Å². The van der Waals surface area contributed by atoms with Crippen molar-refractivity contribution in [3.05, 3.63) is 47.3 Å². The summed E-state index contributed by atoms with van der Waals surface area (Å²) in [4.78, 5) is 14.8. The number of nitrogens with zero attached hydrogens (tertiary/aromatic N) is 4. The van der Waals surface area contributed by atoms with Crippen molar-refractivity contribution >= 4 is 5.91 Å². The van der Waals surface area contributed by atoms with Crippen LogP contribution in [0.15, 0.2) is 24.3 Å². The van der Waals surface area contributed by atoms with Crippen LogP contribution in [0, 0.1) is 17.7 Å². The number of aromatic nitrogens is 3. The second-order valence-electron chi connectivity index (χ2n) is 7.84. The van der Waals surface area contributed by atoms with Crippen LogP contribution in [0.4, 0.5) is 4.39 Å². The van der Waals surface area contributed by atoms with Gasteiger partial charge in [0, 0.05) is 38.6 Å². The van der Waals surface area contributed by atoms with E-state index in [1.807, 2.05) is 16.7 Å². The van der Waals surface area contributed by atoms with Crippen LogP contribution in [0.25, 0.3) is 0 Å². The summed E-state index contributed by atoms with van der Waals surface area (Å²) in [6.45, 7) is 3.64. The Balaban J connectivity index is 1.27. The molecular formula is C19H22FN5O. The Labute approximate surface area is 151 Å². The van der Waals surface area contributed by atoms with E-state index >= 15 is 0 Å². The number of halogens is 1. The molecular weight excluding hydrogens is 333 g/mol. The predicted octanol–water partition coefficient (Wildman–Crippen LogP) is 1.61. The second kappa shape index (κ2) is 6.16. The van der Waals surface area contributed by atoms with Crippen molar-refractivity contribution in [3.63, 3.8) is 0 Å². The quantitative estimate of drug-likeness (QED) is 0.905. The zero-order chi connectivity index (χ0) is 17.7. The van der Waals surface area contributed by atoms with Crippen LogP contribution in [0.1, 0.15) is 34.8 Å². The van der Waals surface area contributed by atoms with Crippen LogP contribution < -0.4 is 5.32 Å². The van der Waals surface area contributed by atoms with Crippen LogP contribution >= 0.6 is 0 Å². The number of hydrogen-bond acceptors (Lipinski definition) is 4. The Hall–Kier alpha value is -2.28. The number of hydrogen-bond donors (Lipinski definition) is 1. The highest BCUT2D eigenvalue weighted by Crippen LogP contribution is 2.33. The normalized spacial score (nSPS) is 25.0. The maximum absolute atomic E-state index is 13.1. The lowest BCUT2D eigenvalue weighted by Gasteiger charge is -2.25. The average molecular weight is 355 g/mol. The van der Waals surface area contributed by atoms with E-state index in [9.17, 15) is 9.18 Å². The Morgan fingerprint density at radius 2 is 1.88 bits per heavy atom. The molecule has 0 unspecified atom stereocenters. The smallest absolute Gasteiger partial charge is 0.289 e. The van der Waals surface area contributed by atoms with Crippen molar-refractivity contribution in [1.82, 2.24) is 25.0 Å². The number of rotatable bonds is 4. The minimum Gasteiger partial charge on any atom is -0.347 e. The van der Waals surface area contributed by atoms with Gasteiger partial charge >= 0.3 is 0 Å². The molecule has 0 bridgehead atoms. The minimum absolute atomic E-state index is 0.0918. The monoisotopic (exact) mass is 355 g/mol. The van der Waals surface area contributed by atoms with Gasteiger partial charge in [-0.3, -0.25) is 9.69 Å². The molecule has 1 aromatic heterocycles. The maximum atomic E-state index is 13.1. The number of likely N-dealkylation sites (tertiary alicyclic amines) is 1. The molecule has 2 fully saturated rings. The molecule has 3 aliphatic rings. The minimum atomic E-state index is -0.196. The molecule has 5 rings (SSSR count). The fourth-order valence-electron chi connectivity index (χ4n) is 4.24. The third-order valence-electron chi connectivity index (χ3n) is 5.78. The molecule has 136 valence electrons. The Bertz CT molecular complexity index is 829. The zero-order valence-corrected chi connectivity index (χ0v) is 14.6. The molecule has 1 saturated carbocycles. The van der Waals surface area contributed by atoms with Crippen LogP contribution in [0.3, 0.4) is 0 Å². The van der Waals surface area contributed by atoms with Crippen LogP contribution in [0.2, 0.25) is 0 Å². The summed E-state index contributed by atoms with van der Waals surface area (Å²) < 4.78 is 15.1. The van der Waals surface area contributed by atoms with Gasteiger partial charge < -0.3 is 9.88 Å². The highest BCUT2D eigenvalue weighted by molar-refractivity contribution is 5.91. The SMILES string of the molecule is O=C(NC1CC1)c1nnc2n1C[C@@H]1CN(Cc3ccc(F)cc3)C[C@H]1C2. The molecule has 3 heterocycles. The summed E-state index contributed by atoms with van der Waals surface area (Å²) in [6.07, 6.45) is 3.00. The molecule has 1 amide bonds. The van der Waals surface area contributed by atoms with Gasteiger partial charge in [0.25, 0.3) is 5.91 Å². The fraction of sp³-hybridized carbons (Fsp3) is 0.526. The van der Waals surface area contributed by atoms with E-state index in [2.05, 4.69) is 20.4 Å². The molecule has 2 aliphatic heterocycles. The number of fused-ring (bicyclic) bond motifs is 2. The van der Waals surface area contributed by atoms with E-state index in [1.165, 1.54) is 12.1 Å². The predicted molar refractivity (Wildman–Crippen MR) is 92.9 cm³/mol. The van der Waals surface area contributed by atoms with Crippen molar-refractivity contribution in [2.75, 3.05) is 13.1 Å². The van der Waals surface area contributed by atoms with Gasteiger partial charge in [-0.1, -0.05) is 12.1 Å². The van der Waals surface area contributed by atoms with Crippen molar-refractivity contribution in [3.8, 4) is 0 Å². The largest absolute Gasteiger partial charge is 0.347 e. The van der Waals surface area contributed by atoms with Gasteiger partial charge in [0.1, 0.15) is 11.6 Å². The molecule has 1 aromatic carbocycles. The molecule has 0 radical (unpaired) electrons. The summed E-state index contributed by atoms with van der Waals surface area (Å²) in [7, 11) is 0. The standard InChI is InChI=1S/C19H22FN5O/c20-15-3-1-12(2-4-15)8-24-9-13-7-17-22-23-18(19(26)21-16-5-6-16)25(17)11-14(13)10-24/h1-4,13-14,16H,5-11H2,(H,21,26)/t13-,14+/m1/s1. The first-order chi connectivity index (χ1) is 12.7. The highest BCUT2D eigenvalue weighted by atomic mass is 19.1. The molecule has 2 aromatic rings. The van der Waals surface area contributed by atoms with E-state index < -0.39 is 0 Å². The summed E-state index contributed by atoms with van der Waals surface area (Å²) >= 11 is 0. The number of carbonyl (C=O) groups is 1. The average Bonchev–Trinajstić information content (AvgIpc) is 3.20. The number of carbonyl (C=O) groups excluding carboxylic acids is 1. The molecule has 1 saturated heterocycles. The molecule has 1 N–H and O–H groups in total. The second-order valence-corrected chi connectivity index (χ2v) is 7.84. The lowest BCUT2D eigenvalue weighted by atomic mass is 9.89. The molecule has 2 atom stereocenters. The van der Waals surface area contributed by atoms with E-state index in [-0.39, 0.29) is 11.7 Å². The first kappa shape index (κ1) is 15.9. The van der Waals surface area contributed by atoms with Crippen LogP contribution in [0.5, 0.6) is 0 Å². The maximum Gasteiger partial charge on any atom is 0.289 e. The molecule has 26 heavy (non-hydrogen) atoms. The zero-order valence-electron chi connectivity index (χ0n) is 14.6. The van der Waals surface area contributed by atoms with Crippen LogP contribution in [-0.4, -0.2) is 44.7 Å². The molecule has 7 heteroatoms. The van der Waals surface area contributed by atoms with E-state index in [0.717, 1.165) is 56.8 Å². The summed E-state index contributed by atoms with van der Waals surface area (Å²) in [5, 5.41) is 11.4. The Morgan fingerprint density at radius 1 is 1.12 bits per heavy atom. The van der Waals surface area contributed by atoms with Crippen molar-refractivity contribution in [2.45, 2.75) is 38.4 Å².